The lowest BCUT2D eigenvalue weighted by atomic mass is 10.1. The fraction of sp³-hybridized carbons (Fsp3) is 0.727. The number of alkyl halides is 1. The quantitative estimate of drug-likeness (QED) is 0.842. The van der Waals surface area contributed by atoms with Gasteiger partial charge in [0, 0.05) is 31.2 Å². The van der Waals surface area contributed by atoms with Crippen LogP contribution in [0.1, 0.15) is 23.4 Å². The molecule has 1 aromatic heterocycles. The Bertz CT molecular complexity index is 347. The largest absolute Gasteiger partial charge is 0.361 e. The molecule has 2 heterocycles. The number of rotatable bonds is 3. The van der Waals surface area contributed by atoms with E-state index in [-0.39, 0.29) is 6.04 Å². The van der Waals surface area contributed by atoms with Crippen LogP contribution in [0.3, 0.4) is 0 Å². The molecule has 2 atom stereocenters. The summed E-state index contributed by atoms with van der Waals surface area (Å²) in [5.74, 6) is 0.815. The molecule has 0 spiro atoms. The van der Waals surface area contributed by atoms with Crippen molar-refractivity contribution < 1.29 is 8.91 Å². The standard InChI is InChI=1S/C11H18FN3O/c1-7-11(8(2)16-14-7)6-15-5-9(12)3-10(15)4-13/h9-10H,3-6,13H2,1-2H3. The Morgan fingerprint density at radius 1 is 1.56 bits per heavy atom. The van der Waals surface area contributed by atoms with Gasteiger partial charge in [-0.05, 0) is 20.3 Å². The smallest absolute Gasteiger partial charge is 0.138 e. The van der Waals surface area contributed by atoms with Gasteiger partial charge in [-0.25, -0.2) is 4.39 Å². The topological polar surface area (TPSA) is 55.3 Å². The number of hydrogen-bond donors (Lipinski definition) is 1. The fourth-order valence-electron chi connectivity index (χ4n) is 2.29. The monoisotopic (exact) mass is 227 g/mol. The molecule has 4 nitrogen and oxygen atoms in total. The molecule has 1 fully saturated rings. The average Bonchev–Trinajstić information content (AvgIpc) is 2.75. The minimum atomic E-state index is -0.756. The second kappa shape index (κ2) is 4.51. The van der Waals surface area contributed by atoms with Gasteiger partial charge in [-0.3, -0.25) is 4.90 Å². The molecule has 1 aromatic rings. The van der Waals surface area contributed by atoms with E-state index in [1.807, 2.05) is 13.8 Å². The van der Waals surface area contributed by atoms with Gasteiger partial charge >= 0.3 is 0 Å². The van der Waals surface area contributed by atoms with Crippen molar-refractivity contribution in [1.82, 2.24) is 10.1 Å². The molecule has 2 rings (SSSR count). The summed E-state index contributed by atoms with van der Waals surface area (Å²) in [5, 5.41) is 3.90. The highest BCUT2D eigenvalue weighted by atomic mass is 19.1. The van der Waals surface area contributed by atoms with E-state index in [2.05, 4.69) is 10.1 Å². The van der Waals surface area contributed by atoms with E-state index in [1.165, 1.54) is 0 Å². The summed E-state index contributed by atoms with van der Waals surface area (Å²) < 4.78 is 18.4. The number of nitrogens with zero attached hydrogens (tertiary/aromatic N) is 2. The number of hydrogen-bond acceptors (Lipinski definition) is 4. The van der Waals surface area contributed by atoms with Crippen molar-refractivity contribution in [2.75, 3.05) is 13.1 Å². The van der Waals surface area contributed by atoms with E-state index in [0.717, 1.165) is 17.0 Å². The van der Waals surface area contributed by atoms with Gasteiger partial charge in [0.1, 0.15) is 11.9 Å². The fourth-order valence-corrected chi connectivity index (χ4v) is 2.29. The maximum Gasteiger partial charge on any atom is 0.138 e. The minimum Gasteiger partial charge on any atom is -0.361 e. The lowest BCUT2D eigenvalue weighted by Crippen LogP contribution is -2.35. The SMILES string of the molecule is Cc1noc(C)c1CN1CC(F)CC1CN. The lowest BCUT2D eigenvalue weighted by molar-refractivity contribution is 0.237. The minimum absolute atomic E-state index is 0.142. The molecule has 2 N–H and O–H groups in total. The van der Waals surface area contributed by atoms with Gasteiger partial charge in [0.25, 0.3) is 0 Å². The zero-order valence-corrected chi connectivity index (χ0v) is 9.74. The van der Waals surface area contributed by atoms with Gasteiger partial charge in [-0.1, -0.05) is 5.16 Å². The summed E-state index contributed by atoms with van der Waals surface area (Å²) in [5.41, 5.74) is 7.59. The molecule has 90 valence electrons. The predicted octanol–water partition coefficient (Wildman–Crippen LogP) is 1.16. The molecule has 1 aliphatic heterocycles. The van der Waals surface area contributed by atoms with Crippen LogP contribution in [-0.4, -0.2) is 35.4 Å². The highest BCUT2D eigenvalue weighted by Gasteiger charge is 2.31. The third-order valence-electron chi connectivity index (χ3n) is 3.29. The number of nitrogens with two attached hydrogens (primary N) is 1. The molecule has 16 heavy (non-hydrogen) atoms. The highest BCUT2D eigenvalue weighted by molar-refractivity contribution is 5.21. The first-order valence-electron chi connectivity index (χ1n) is 5.61. The molecule has 0 amide bonds. The van der Waals surface area contributed by atoms with Crippen LogP contribution in [0.5, 0.6) is 0 Å². The first-order chi connectivity index (χ1) is 7.61. The van der Waals surface area contributed by atoms with Crippen LogP contribution in [0, 0.1) is 13.8 Å². The first kappa shape index (κ1) is 11.5. The zero-order chi connectivity index (χ0) is 11.7. The van der Waals surface area contributed by atoms with E-state index < -0.39 is 6.17 Å². The van der Waals surface area contributed by atoms with E-state index in [4.69, 9.17) is 10.3 Å². The Hall–Kier alpha value is -0.940. The number of aromatic nitrogens is 1. The second-order valence-corrected chi connectivity index (χ2v) is 4.45. The van der Waals surface area contributed by atoms with Crippen LogP contribution in [0.4, 0.5) is 4.39 Å². The molecule has 2 unspecified atom stereocenters. The summed E-state index contributed by atoms with van der Waals surface area (Å²) in [7, 11) is 0. The van der Waals surface area contributed by atoms with Gasteiger partial charge in [0.2, 0.25) is 0 Å². The molecule has 1 aliphatic rings. The maximum atomic E-state index is 13.3. The van der Waals surface area contributed by atoms with E-state index in [1.54, 1.807) is 0 Å². The Balaban J connectivity index is 2.09. The molecule has 5 heteroatoms. The number of likely N-dealkylation sites (tertiary alicyclic amines) is 1. The molecule has 0 bridgehead atoms. The number of halogens is 1. The Morgan fingerprint density at radius 2 is 2.31 bits per heavy atom. The van der Waals surface area contributed by atoms with Gasteiger partial charge in [-0.2, -0.15) is 0 Å². The van der Waals surface area contributed by atoms with Crippen molar-refractivity contribution >= 4 is 0 Å². The normalized spacial score (nSPS) is 26.5. The lowest BCUT2D eigenvalue weighted by Gasteiger charge is -2.22. The molecule has 0 saturated carbocycles. The van der Waals surface area contributed by atoms with Gasteiger partial charge < -0.3 is 10.3 Å². The molecule has 0 aliphatic carbocycles. The Morgan fingerprint density at radius 3 is 2.88 bits per heavy atom. The summed E-state index contributed by atoms with van der Waals surface area (Å²) in [6.07, 6.45) is -0.214. The van der Waals surface area contributed by atoms with Crippen molar-refractivity contribution in [2.24, 2.45) is 5.73 Å². The van der Waals surface area contributed by atoms with Crippen LogP contribution in [0.2, 0.25) is 0 Å². The van der Waals surface area contributed by atoms with Crippen LogP contribution < -0.4 is 5.73 Å². The van der Waals surface area contributed by atoms with Crippen molar-refractivity contribution in [2.45, 2.75) is 39.0 Å². The second-order valence-electron chi connectivity index (χ2n) is 4.45. The van der Waals surface area contributed by atoms with Crippen molar-refractivity contribution in [1.29, 1.82) is 0 Å². The third kappa shape index (κ3) is 2.10. The Labute approximate surface area is 94.6 Å². The molecule has 0 radical (unpaired) electrons. The molecule has 1 saturated heterocycles. The third-order valence-corrected chi connectivity index (χ3v) is 3.29. The summed E-state index contributed by atoms with van der Waals surface area (Å²) >= 11 is 0. The predicted molar refractivity (Wildman–Crippen MR) is 58.7 cm³/mol. The Kier molecular flexibility index (Phi) is 3.25. The highest BCUT2D eigenvalue weighted by Crippen LogP contribution is 2.24. The molecular weight excluding hydrogens is 209 g/mol. The van der Waals surface area contributed by atoms with Crippen molar-refractivity contribution in [3.8, 4) is 0 Å². The maximum absolute atomic E-state index is 13.3. The van der Waals surface area contributed by atoms with Crippen LogP contribution in [0.15, 0.2) is 4.52 Å². The first-order valence-corrected chi connectivity index (χ1v) is 5.61. The number of aryl methyl sites for hydroxylation is 2. The van der Waals surface area contributed by atoms with Crippen LogP contribution >= 0.6 is 0 Å². The zero-order valence-electron chi connectivity index (χ0n) is 9.74. The summed E-state index contributed by atoms with van der Waals surface area (Å²) in [6, 6.07) is 0.142. The van der Waals surface area contributed by atoms with Gasteiger partial charge in [-0.15, -0.1) is 0 Å². The van der Waals surface area contributed by atoms with Crippen molar-refractivity contribution in [3.05, 3.63) is 17.0 Å². The average molecular weight is 227 g/mol. The summed E-state index contributed by atoms with van der Waals surface area (Å²) in [4.78, 5) is 2.08. The molecule has 0 aromatic carbocycles. The van der Waals surface area contributed by atoms with E-state index in [9.17, 15) is 4.39 Å². The molecular formula is C11H18FN3O. The van der Waals surface area contributed by atoms with E-state index in [0.29, 0.717) is 26.1 Å². The van der Waals surface area contributed by atoms with Crippen LogP contribution in [-0.2, 0) is 6.54 Å². The van der Waals surface area contributed by atoms with Crippen LogP contribution in [0.25, 0.3) is 0 Å². The van der Waals surface area contributed by atoms with Gasteiger partial charge in [0.05, 0.1) is 5.69 Å². The van der Waals surface area contributed by atoms with E-state index >= 15 is 0 Å². The van der Waals surface area contributed by atoms with Gasteiger partial charge in [0.15, 0.2) is 0 Å². The van der Waals surface area contributed by atoms with Crippen molar-refractivity contribution in [3.63, 3.8) is 0 Å². The summed E-state index contributed by atoms with van der Waals surface area (Å²) in [6.45, 7) is 5.45.